The average molecular weight is 302 g/mol. The van der Waals surface area contributed by atoms with Crippen LogP contribution in [0, 0.1) is 26.8 Å². The van der Waals surface area contributed by atoms with Crippen molar-refractivity contribution in [3.05, 3.63) is 34.9 Å². The standard InChI is InChI=1S/C9H11.3CHO.Mo/c1-7-4-8(2)6-9(3)5-7;3*1-2;/h4-5H,1-3H3;3*1H;/q4*-1;+4. The monoisotopic (exact) mass is 304 g/mol. The Morgan fingerprint density at radius 3 is 1.25 bits per heavy atom. The summed E-state index contributed by atoms with van der Waals surface area (Å²) in [7, 11) is 0. The summed E-state index contributed by atoms with van der Waals surface area (Å²) in [4.78, 5) is 23.2. The third-order valence-corrected chi connectivity index (χ3v) is 1.28. The molecule has 1 aromatic rings. The number of benzene rings is 1. The van der Waals surface area contributed by atoms with Gasteiger partial charge in [-0.15, -0.1) is 0 Å². The summed E-state index contributed by atoms with van der Waals surface area (Å²) in [6.07, 6.45) is 0. The van der Waals surface area contributed by atoms with E-state index in [-0.39, 0.29) is 21.1 Å². The van der Waals surface area contributed by atoms with E-state index in [1.165, 1.54) is 16.7 Å². The van der Waals surface area contributed by atoms with Crippen LogP contribution in [0.3, 0.4) is 0 Å². The predicted molar refractivity (Wildman–Crippen MR) is 59.7 cm³/mol. The van der Waals surface area contributed by atoms with Crippen molar-refractivity contribution >= 4 is 20.4 Å². The zero-order chi connectivity index (χ0) is 12.9. The maximum absolute atomic E-state index is 7.75. The van der Waals surface area contributed by atoms with Crippen LogP contribution in [0.4, 0.5) is 0 Å². The smallest absolute Gasteiger partial charge is 0.545 e. The first kappa shape index (κ1) is 24.2. The normalized spacial score (nSPS) is 6.19. The Bertz CT molecular complexity index is 209. The van der Waals surface area contributed by atoms with Gasteiger partial charge in [0.05, 0.1) is 0 Å². The van der Waals surface area contributed by atoms with Crippen LogP contribution in [0.5, 0.6) is 0 Å². The van der Waals surface area contributed by atoms with Crippen LogP contribution in [0.1, 0.15) is 16.7 Å². The van der Waals surface area contributed by atoms with E-state index in [4.69, 9.17) is 14.4 Å². The van der Waals surface area contributed by atoms with Crippen molar-refractivity contribution in [2.75, 3.05) is 0 Å². The van der Waals surface area contributed by atoms with E-state index in [0.717, 1.165) is 0 Å². The van der Waals surface area contributed by atoms with Crippen molar-refractivity contribution < 1.29 is 35.4 Å². The van der Waals surface area contributed by atoms with E-state index >= 15 is 0 Å². The Hall–Kier alpha value is -1.08. The van der Waals surface area contributed by atoms with Crippen LogP contribution in [-0.4, -0.2) is 20.4 Å². The van der Waals surface area contributed by atoms with E-state index < -0.39 is 0 Å². The summed E-state index contributed by atoms with van der Waals surface area (Å²) in [5, 5.41) is 0. The Kier molecular flexibility index (Phi) is 29.5. The fourth-order valence-corrected chi connectivity index (χ4v) is 1.11. The minimum atomic E-state index is 0. The summed E-state index contributed by atoms with van der Waals surface area (Å²) >= 11 is 0. The van der Waals surface area contributed by atoms with Gasteiger partial charge in [0.25, 0.3) is 0 Å². The van der Waals surface area contributed by atoms with Crippen LogP contribution in [0.25, 0.3) is 0 Å². The van der Waals surface area contributed by atoms with Crippen molar-refractivity contribution in [2.24, 2.45) is 0 Å². The molecule has 0 N–H and O–H groups in total. The number of carbonyl (C=O) groups excluding carboxylic acids is 3. The Morgan fingerprint density at radius 2 is 1.06 bits per heavy atom. The van der Waals surface area contributed by atoms with Gasteiger partial charge in [-0.2, -0.15) is 34.9 Å². The van der Waals surface area contributed by atoms with E-state index in [0.29, 0.717) is 0 Å². The van der Waals surface area contributed by atoms with Gasteiger partial charge in [-0.3, -0.25) is 20.4 Å². The van der Waals surface area contributed by atoms with Gasteiger partial charge in [0.1, 0.15) is 0 Å². The predicted octanol–water partition coefficient (Wildman–Crippen LogP) is 1.59. The van der Waals surface area contributed by atoms with Gasteiger partial charge in [0.15, 0.2) is 0 Å². The van der Waals surface area contributed by atoms with E-state index in [2.05, 4.69) is 59.3 Å². The summed E-state index contributed by atoms with van der Waals surface area (Å²) in [6.45, 7) is 16.0. The SMILES string of the molecule is Cc1[c-]c(C)cc(C)c1.[CH-]=O.[CH-]=O.[CH-]=O.[Mo+4]. The molecule has 86 valence electrons. The van der Waals surface area contributed by atoms with Crippen LogP contribution in [0.2, 0.25) is 0 Å². The minimum Gasteiger partial charge on any atom is -0.545 e. The Labute approximate surface area is 112 Å². The molecule has 0 spiro atoms. The van der Waals surface area contributed by atoms with E-state index in [1.54, 1.807) is 0 Å². The zero-order valence-electron chi connectivity index (χ0n) is 9.52. The molecule has 0 aliphatic carbocycles. The van der Waals surface area contributed by atoms with Crippen LogP contribution < -0.4 is 0 Å². The molecule has 0 radical (unpaired) electrons. The molecule has 0 aliphatic heterocycles. The first-order chi connectivity index (χ1) is 7.18. The van der Waals surface area contributed by atoms with Gasteiger partial charge >= 0.3 is 21.1 Å². The fourth-order valence-electron chi connectivity index (χ4n) is 1.11. The second-order valence-corrected chi connectivity index (χ2v) is 2.52. The van der Waals surface area contributed by atoms with Gasteiger partial charge in [0, 0.05) is 0 Å². The number of rotatable bonds is 0. The van der Waals surface area contributed by atoms with Crippen molar-refractivity contribution in [2.45, 2.75) is 20.8 Å². The largest absolute Gasteiger partial charge is 4.00 e. The van der Waals surface area contributed by atoms with Crippen molar-refractivity contribution in [1.82, 2.24) is 0 Å². The molecule has 0 fully saturated rings. The number of hydrogen-bond acceptors (Lipinski definition) is 3. The third-order valence-electron chi connectivity index (χ3n) is 1.28. The molecule has 4 heteroatoms. The first-order valence-corrected chi connectivity index (χ1v) is 3.86. The molecule has 0 bridgehead atoms. The molecule has 0 saturated heterocycles. The Morgan fingerprint density at radius 1 is 0.812 bits per heavy atom. The molecule has 1 aromatic carbocycles. The second-order valence-electron chi connectivity index (χ2n) is 2.52. The molecule has 0 amide bonds. The van der Waals surface area contributed by atoms with Gasteiger partial charge < -0.3 is 14.4 Å². The molecule has 3 nitrogen and oxygen atoms in total. The molecule has 0 unspecified atom stereocenters. The summed E-state index contributed by atoms with van der Waals surface area (Å²) in [5.74, 6) is 0. The van der Waals surface area contributed by atoms with E-state index in [1.807, 2.05) is 0 Å². The molecule has 0 heterocycles. The van der Waals surface area contributed by atoms with Gasteiger partial charge in [0.2, 0.25) is 0 Å². The van der Waals surface area contributed by atoms with Gasteiger partial charge in [-0.25, -0.2) is 0 Å². The third kappa shape index (κ3) is 15.4. The minimum absolute atomic E-state index is 0. The average Bonchev–Trinajstić information content (AvgIpc) is 2.24. The summed E-state index contributed by atoms with van der Waals surface area (Å²) in [5.41, 5.74) is 3.78. The topological polar surface area (TPSA) is 51.2 Å². The molecular formula is C12H14MoO3. The van der Waals surface area contributed by atoms with Crippen LogP contribution in [0.15, 0.2) is 12.1 Å². The molecule has 0 aliphatic rings. The molecule has 0 atom stereocenters. The fraction of sp³-hybridized carbons (Fsp3) is 0.250. The van der Waals surface area contributed by atoms with Crippen molar-refractivity contribution in [3.8, 4) is 0 Å². The van der Waals surface area contributed by atoms with Gasteiger partial charge in [-0.05, 0) is 0 Å². The molecule has 0 saturated carbocycles. The zero-order valence-corrected chi connectivity index (χ0v) is 11.5. The molecular weight excluding hydrogens is 288 g/mol. The van der Waals surface area contributed by atoms with Gasteiger partial charge in [-0.1, -0.05) is 20.8 Å². The van der Waals surface area contributed by atoms with Crippen LogP contribution >= 0.6 is 0 Å². The maximum atomic E-state index is 7.75. The molecule has 0 aromatic heterocycles. The Balaban J connectivity index is -0.0000000900. The number of hydrogen-bond donors (Lipinski definition) is 0. The van der Waals surface area contributed by atoms with Crippen LogP contribution in [-0.2, 0) is 35.4 Å². The number of aryl methyl sites for hydroxylation is 3. The quantitative estimate of drug-likeness (QED) is 0.415. The van der Waals surface area contributed by atoms with E-state index in [9.17, 15) is 0 Å². The molecule has 1 rings (SSSR count). The second kappa shape index (κ2) is 19.5. The maximum Gasteiger partial charge on any atom is 4.00 e. The first-order valence-electron chi connectivity index (χ1n) is 3.86. The van der Waals surface area contributed by atoms with Crippen molar-refractivity contribution in [1.29, 1.82) is 0 Å². The molecule has 16 heavy (non-hydrogen) atoms. The van der Waals surface area contributed by atoms with Crippen molar-refractivity contribution in [3.63, 3.8) is 0 Å². The summed E-state index contributed by atoms with van der Waals surface area (Å²) < 4.78 is 0. The summed E-state index contributed by atoms with van der Waals surface area (Å²) in [6, 6.07) is 7.47.